The van der Waals surface area contributed by atoms with Gasteiger partial charge < -0.3 is 5.32 Å². The molecule has 1 aromatic carbocycles. The van der Waals surface area contributed by atoms with Crippen LogP contribution in [0.1, 0.15) is 71.6 Å². The van der Waals surface area contributed by atoms with E-state index in [4.69, 9.17) is 11.6 Å². The number of halogens is 2. The largest absolute Gasteiger partial charge is 0.382 e. The Morgan fingerprint density at radius 3 is 2.25 bits per heavy atom. The fraction of sp³-hybridized carbons (Fsp3) is 0.700. The second-order valence-electron chi connectivity index (χ2n) is 6.78. The molecule has 0 aliphatic rings. The maximum atomic E-state index is 12.2. The van der Waals surface area contributed by atoms with Crippen LogP contribution in [0, 0.1) is 5.92 Å². The van der Waals surface area contributed by atoms with Crippen LogP contribution >= 0.6 is 11.6 Å². The van der Waals surface area contributed by atoms with Crippen molar-refractivity contribution >= 4 is 17.3 Å². The van der Waals surface area contributed by atoms with E-state index in [1.165, 1.54) is 44.9 Å². The molecule has 138 valence electrons. The van der Waals surface area contributed by atoms with E-state index in [0.29, 0.717) is 18.5 Å². The fourth-order valence-corrected chi connectivity index (χ4v) is 3.32. The molecule has 24 heavy (non-hydrogen) atoms. The molecular formula is C20H34ClFN2. The number of anilines is 1. The Labute approximate surface area is 152 Å². The van der Waals surface area contributed by atoms with Gasteiger partial charge in [-0.05, 0) is 56.4 Å². The molecule has 0 radical (unpaired) electrons. The van der Waals surface area contributed by atoms with Crippen molar-refractivity contribution in [3.05, 3.63) is 29.3 Å². The summed E-state index contributed by atoms with van der Waals surface area (Å²) in [7, 11) is 0. The molecule has 0 amide bonds. The van der Waals surface area contributed by atoms with Crippen LogP contribution in [0.25, 0.3) is 0 Å². The standard InChI is InChI=1S/C20H34ClFN2/c1-3-4-5-6-7-8-10-18(11-9-16-23-22)17(2)24-20-14-12-19(21)13-15-20/h12-15,17-18,23-24H,3-11,16H2,1-2H3. The van der Waals surface area contributed by atoms with E-state index in [1.54, 1.807) is 5.54 Å². The zero-order valence-electron chi connectivity index (χ0n) is 15.3. The summed E-state index contributed by atoms with van der Waals surface area (Å²) >= 11 is 5.95. The van der Waals surface area contributed by atoms with Gasteiger partial charge in [0.2, 0.25) is 0 Å². The quantitative estimate of drug-likeness (QED) is 0.284. The number of hydrogen-bond acceptors (Lipinski definition) is 2. The maximum absolute atomic E-state index is 12.2. The fourth-order valence-electron chi connectivity index (χ4n) is 3.19. The van der Waals surface area contributed by atoms with Gasteiger partial charge in [-0.25, -0.2) is 0 Å². The summed E-state index contributed by atoms with van der Waals surface area (Å²) in [5.41, 5.74) is 2.87. The molecule has 0 aliphatic carbocycles. The third-order valence-electron chi connectivity index (χ3n) is 4.72. The van der Waals surface area contributed by atoms with Gasteiger partial charge in [-0.1, -0.05) is 57.0 Å². The summed E-state index contributed by atoms with van der Waals surface area (Å²) in [6.45, 7) is 4.93. The highest BCUT2D eigenvalue weighted by molar-refractivity contribution is 6.30. The summed E-state index contributed by atoms with van der Waals surface area (Å²) in [4.78, 5) is 0. The minimum absolute atomic E-state index is 0.376. The zero-order valence-corrected chi connectivity index (χ0v) is 16.0. The Balaban J connectivity index is 2.41. The number of rotatable bonds is 14. The van der Waals surface area contributed by atoms with Gasteiger partial charge >= 0.3 is 0 Å². The lowest BCUT2D eigenvalue weighted by molar-refractivity contribution is 0.307. The summed E-state index contributed by atoms with van der Waals surface area (Å²) in [6.07, 6.45) is 11.0. The summed E-state index contributed by atoms with van der Waals surface area (Å²) in [6, 6.07) is 8.23. The maximum Gasteiger partial charge on any atom is 0.0407 e. The first kappa shape index (κ1) is 21.2. The lowest BCUT2D eigenvalue weighted by Crippen LogP contribution is -2.26. The Hall–Kier alpha value is -0.800. The first-order valence-electron chi connectivity index (χ1n) is 9.53. The van der Waals surface area contributed by atoms with Crippen molar-refractivity contribution in [2.24, 2.45) is 5.92 Å². The van der Waals surface area contributed by atoms with E-state index in [-0.39, 0.29) is 0 Å². The third kappa shape index (κ3) is 9.48. The van der Waals surface area contributed by atoms with Crippen LogP contribution < -0.4 is 10.9 Å². The van der Waals surface area contributed by atoms with Crippen molar-refractivity contribution in [1.29, 1.82) is 0 Å². The number of unbranched alkanes of at least 4 members (excludes halogenated alkanes) is 5. The third-order valence-corrected chi connectivity index (χ3v) is 4.97. The van der Waals surface area contributed by atoms with Crippen LogP contribution in [0.5, 0.6) is 0 Å². The molecular weight excluding hydrogens is 323 g/mol. The van der Waals surface area contributed by atoms with Crippen molar-refractivity contribution in [1.82, 2.24) is 5.54 Å². The second-order valence-corrected chi connectivity index (χ2v) is 7.22. The highest BCUT2D eigenvalue weighted by atomic mass is 35.5. The molecule has 2 nitrogen and oxygen atoms in total. The summed E-state index contributed by atoms with van der Waals surface area (Å²) < 4.78 is 12.2. The molecule has 0 aromatic heterocycles. The highest BCUT2D eigenvalue weighted by Gasteiger charge is 2.16. The summed E-state index contributed by atoms with van der Waals surface area (Å²) in [5.74, 6) is 0.570. The van der Waals surface area contributed by atoms with Crippen LogP contribution in [0.2, 0.25) is 5.02 Å². The van der Waals surface area contributed by atoms with Gasteiger partial charge in [0.05, 0.1) is 0 Å². The predicted octanol–water partition coefficient (Wildman–Crippen LogP) is 6.76. The molecule has 0 saturated carbocycles. The highest BCUT2D eigenvalue weighted by Crippen LogP contribution is 2.24. The van der Waals surface area contributed by atoms with Crippen molar-refractivity contribution in [2.75, 3.05) is 11.9 Å². The van der Waals surface area contributed by atoms with Gasteiger partial charge in [0.25, 0.3) is 0 Å². The Morgan fingerprint density at radius 1 is 0.958 bits per heavy atom. The van der Waals surface area contributed by atoms with Crippen LogP contribution in [-0.2, 0) is 0 Å². The average molecular weight is 357 g/mol. The normalized spacial score (nSPS) is 13.7. The van der Waals surface area contributed by atoms with Gasteiger partial charge in [-0.15, -0.1) is 4.48 Å². The smallest absolute Gasteiger partial charge is 0.0407 e. The molecule has 2 atom stereocenters. The second kappa shape index (κ2) is 13.5. The molecule has 0 heterocycles. The molecule has 0 spiro atoms. The van der Waals surface area contributed by atoms with Gasteiger partial charge in [0.1, 0.15) is 0 Å². The monoisotopic (exact) mass is 356 g/mol. The van der Waals surface area contributed by atoms with E-state index in [9.17, 15) is 4.48 Å². The lowest BCUT2D eigenvalue weighted by atomic mass is 9.89. The number of benzene rings is 1. The first-order chi connectivity index (χ1) is 11.7. The van der Waals surface area contributed by atoms with E-state index in [2.05, 4.69) is 19.2 Å². The Morgan fingerprint density at radius 2 is 1.58 bits per heavy atom. The molecule has 1 rings (SSSR count). The van der Waals surface area contributed by atoms with Crippen LogP contribution in [0.3, 0.4) is 0 Å². The van der Waals surface area contributed by atoms with Crippen LogP contribution in [0.15, 0.2) is 24.3 Å². The summed E-state index contributed by atoms with van der Waals surface area (Å²) in [5, 5.41) is 4.34. The molecule has 4 heteroatoms. The van der Waals surface area contributed by atoms with Gasteiger partial charge in [-0.3, -0.25) is 0 Å². The first-order valence-corrected chi connectivity index (χ1v) is 9.90. The average Bonchev–Trinajstić information content (AvgIpc) is 2.58. The van der Waals surface area contributed by atoms with Crippen LogP contribution in [-0.4, -0.2) is 12.6 Å². The molecule has 0 fully saturated rings. The predicted molar refractivity (Wildman–Crippen MR) is 104 cm³/mol. The van der Waals surface area contributed by atoms with E-state index < -0.39 is 0 Å². The minimum atomic E-state index is 0.376. The molecule has 2 N–H and O–H groups in total. The van der Waals surface area contributed by atoms with E-state index in [0.717, 1.165) is 23.6 Å². The van der Waals surface area contributed by atoms with Crippen molar-refractivity contribution < 1.29 is 4.48 Å². The van der Waals surface area contributed by atoms with Gasteiger partial charge in [0.15, 0.2) is 0 Å². The molecule has 0 bridgehead atoms. The van der Waals surface area contributed by atoms with Crippen molar-refractivity contribution in [3.8, 4) is 0 Å². The molecule has 0 saturated heterocycles. The number of nitrogens with one attached hydrogen (secondary N) is 2. The Bertz CT molecular complexity index is 411. The van der Waals surface area contributed by atoms with Crippen LogP contribution in [0.4, 0.5) is 10.2 Å². The zero-order chi connectivity index (χ0) is 17.6. The molecule has 2 unspecified atom stereocenters. The topological polar surface area (TPSA) is 24.1 Å². The van der Waals surface area contributed by atoms with Gasteiger partial charge in [-0.2, -0.15) is 5.54 Å². The molecule has 0 aliphatic heterocycles. The van der Waals surface area contributed by atoms with E-state index >= 15 is 0 Å². The van der Waals surface area contributed by atoms with Crippen molar-refractivity contribution in [2.45, 2.75) is 77.7 Å². The lowest BCUT2D eigenvalue weighted by Gasteiger charge is -2.26. The van der Waals surface area contributed by atoms with Crippen molar-refractivity contribution in [3.63, 3.8) is 0 Å². The van der Waals surface area contributed by atoms with Gasteiger partial charge in [0, 0.05) is 23.3 Å². The minimum Gasteiger partial charge on any atom is -0.382 e. The SMILES string of the molecule is CCCCCCCCC(CCCNF)C(C)Nc1ccc(Cl)cc1. The van der Waals surface area contributed by atoms with E-state index in [1.807, 2.05) is 24.3 Å². The Kier molecular flexibility index (Phi) is 11.9. The molecule has 1 aromatic rings. The number of hydrogen-bond donors (Lipinski definition) is 2.